The normalized spacial score (nSPS) is 20.4. The van der Waals surface area contributed by atoms with Gasteiger partial charge in [0.2, 0.25) is 11.8 Å². The van der Waals surface area contributed by atoms with Crippen LogP contribution in [0.5, 0.6) is 5.75 Å². The average Bonchev–Trinajstić information content (AvgIpc) is 3.70. The van der Waals surface area contributed by atoms with E-state index in [-0.39, 0.29) is 34.9 Å². The van der Waals surface area contributed by atoms with Crippen molar-refractivity contribution in [2.24, 2.45) is 11.3 Å². The number of rotatable bonds is 10. The molecule has 2 heterocycles. The SMILES string of the molecule is O=C(N[C@@H](CCN1CCC2(CC1)CC(=O)N(Cc1ccc(OC(F)F)cc1)C2)c1ccccc1)C1CC1. The molecule has 1 spiro atoms. The minimum absolute atomic E-state index is 0.00529. The largest absolute Gasteiger partial charge is 0.435 e. The summed E-state index contributed by atoms with van der Waals surface area (Å²) < 4.78 is 29.2. The van der Waals surface area contributed by atoms with E-state index in [1.54, 1.807) is 12.1 Å². The second-order valence-corrected chi connectivity index (χ2v) is 10.8. The van der Waals surface area contributed by atoms with Gasteiger partial charge in [-0.3, -0.25) is 9.59 Å². The number of carbonyl (C=O) groups excluding carboxylic acids is 2. The lowest BCUT2D eigenvalue weighted by Crippen LogP contribution is -2.42. The van der Waals surface area contributed by atoms with Gasteiger partial charge in [0, 0.05) is 32.0 Å². The number of hydrogen-bond donors (Lipinski definition) is 1. The lowest BCUT2D eigenvalue weighted by atomic mass is 9.77. The first kappa shape index (κ1) is 25.6. The molecule has 8 heteroatoms. The maximum Gasteiger partial charge on any atom is 0.387 e. The van der Waals surface area contributed by atoms with Gasteiger partial charge >= 0.3 is 6.61 Å². The van der Waals surface area contributed by atoms with E-state index in [1.807, 2.05) is 23.1 Å². The molecule has 0 aromatic heterocycles. The maximum atomic E-state index is 12.8. The molecule has 1 N–H and O–H groups in total. The Balaban J connectivity index is 1.11. The molecule has 3 fully saturated rings. The summed E-state index contributed by atoms with van der Waals surface area (Å²) in [6, 6.07) is 16.7. The first-order valence-corrected chi connectivity index (χ1v) is 13.3. The van der Waals surface area contributed by atoms with E-state index in [0.717, 1.165) is 69.4 Å². The monoisotopic (exact) mass is 511 g/mol. The molecule has 2 aromatic carbocycles. The molecular weight excluding hydrogens is 476 g/mol. The van der Waals surface area contributed by atoms with Gasteiger partial charge in [-0.25, -0.2) is 0 Å². The maximum absolute atomic E-state index is 12.8. The molecular formula is C29H35F2N3O3. The fourth-order valence-corrected chi connectivity index (χ4v) is 5.66. The second-order valence-electron chi connectivity index (χ2n) is 10.8. The van der Waals surface area contributed by atoms with Crippen molar-refractivity contribution in [3.63, 3.8) is 0 Å². The number of alkyl halides is 2. The van der Waals surface area contributed by atoms with Crippen molar-refractivity contribution >= 4 is 11.8 Å². The quantitative estimate of drug-likeness (QED) is 0.500. The highest BCUT2D eigenvalue weighted by Crippen LogP contribution is 2.41. The molecule has 0 radical (unpaired) electrons. The highest BCUT2D eigenvalue weighted by Gasteiger charge is 2.44. The van der Waals surface area contributed by atoms with Crippen molar-refractivity contribution < 1.29 is 23.1 Å². The topological polar surface area (TPSA) is 61.9 Å². The highest BCUT2D eigenvalue weighted by atomic mass is 19.3. The van der Waals surface area contributed by atoms with Gasteiger partial charge in [0.1, 0.15) is 5.75 Å². The van der Waals surface area contributed by atoms with Crippen LogP contribution in [0.25, 0.3) is 0 Å². The Morgan fingerprint density at radius 3 is 2.41 bits per heavy atom. The minimum Gasteiger partial charge on any atom is -0.435 e. The predicted molar refractivity (Wildman–Crippen MR) is 136 cm³/mol. The molecule has 2 amide bonds. The Hall–Kier alpha value is -3.00. The summed E-state index contributed by atoms with van der Waals surface area (Å²) in [4.78, 5) is 29.7. The summed E-state index contributed by atoms with van der Waals surface area (Å²) in [6.07, 6.45) is 5.37. The molecule has 1 saturated carbocycles. The third kappa shape index (κ3) is 6.66. The van der Waals surface area contributed by atoms with Crippen molar-refractivity contribution in [2.45, 2.75) is 57.7 Å². The van der Waals surface area contributed by atoms with Crippen LogP contribution in [0, 0.1) is 11.3 Å². The molecule has 0 unspecified atom stereocenters. The zero-order valence-corrected chi connectivity index (χ0v) is 21.1. The Kier molecular flexibility index (Phi) is 7.74. The van der Waals surface area contributed by atoms with Crippen molar-refractivity contribution in [1.82, 2.24) is 15.1 Å². The Bertz CT molecular complexity index is 1070. The number of amides is 2. The summed E-state index contributed by atoms with van der Waals surface area (Å²) in [6.45, 7) is 1.17. The molecule has 2 aromatic rings. The zero-order valence-electron chi connectivity index (χ0n) is 21.1. The first-order valence-electron chi connectivity index (χ1n) is 13.3. The van der Waals surface area contributed by atoms with Gasteiger partial charge in [0.15, 0.2) is 0 Å². The smallest absolute Gasteiger partial charge is 0.387 e. The van der Waals surface area contributed by atoms with E-state index in [1.165, 1.54) is 12.1 Å². The third-order valence-electron chi connectivity index (χ3n) is 8.04. The van der Waals surface area contributed by atoms with Crippen LogP contribution in [0.3, 0.4) is 0 Å². The van der Waals surface area contributed by atoms with Gasteiger partial charge in [-0.1, -0.05) is 42.5 Å². The van der Waals surface area contributed by atoms with E-state index >= 15 is 0 Å². The number of ether oxygens (including phenoxy) is 1. The van der Waals surface area contributed by atoms with E-state index in [0.29, 0.717) is 13.0 Å². The number of benzene rings is 2. The number of piperidine rings is 1. The van der Waals surface area contributed by atoms with E-state index in [9.17, 15) is 18.4 Å². The van der Waals surface area contributed by atoms with Crippen LogP contribution in [0.1, 0.15) is 55.7 Å². The molecule has 37 heavy (non-hydrogen) atoms. The number of nitrogens with zero attached hydrogens (tertiary/aromatic N) is 2. The summed E-state index contributed by atoms with van der Waals surface area (Å²) >= 11 is 0. The van der Waals surface area contributed by atoms with Crippen molar-refractivity contribution in [1.29, 1.82) is 0 Å². The molecule has 6 nitrogen and oxygen atoms in total. The summed E-state index contributed by atoms with van der Waals surface area (Å²) in [7, 11) is 0. The van der Waals surface area contributed by atoms with Crippen LogP contribution in [-0.4, -0.2) is 54.4 Å². The number of carbonyl (C=O) groups is 2. The summed E-state index contributed by atoms with van der Waals surface area (Å²) in [5.41, 5.74) is 2.06. The van der Waals surface area contributed by atoms with E-state index in [4.69, 9.17) is 0 Å². The fraction of sp³-hybridized carbons (Fsp3) is 0.517. The lowest BCUT2D eigenvalue weighted by molar-refractivity contribution is -0.128. The Morgan fingerprint density at radius 1 is 1.05 bits per heavy atom. The van der Waals surface area contributed by atoms with Gasteiger partial charge < -0.3 is 19.9 Å². The molecule has 5 rings (SSSR count). The van der Waals surface area contributed by atoms with Crippen LogP contribution in [0.2, 0.25) is 0 Å². The standard InChI is InChI=1S/C29H35F2N3O3/c30-28(31)37-24-10-6-21(7-11-24)19-34-20-29(18-26(34)35)13-16-33(17-14-29)15-12-25(22-4-2-1-3-5-22)32-27(36)23-8-9-23/h1-7,10-11,23,25,28H,8-9,12-20H2,(H,32,36)/t25-/m0/s1. The van der Waals surface area contributed by atoms with Gasteiger partial charge in [0.25, 0.3) is 0 Å². The minimum atomic E-state index is -2.84. The van der Waals surface area contributed by atoms with Crippen LogP contribution < -0.4 is 10.1 Å². The molecule has 2 aliphatic heterocycles. The number of halogens is 2. The van der Waals surface area contributed by atoms with Crippen LogP contribution in [-0.2, 0) is 16.1 Å². The molecule has 2 saturated heterocycles. The molecule has 0 bridgehead atoms. The number of hydrogen-bond acceptors (Lipinski definition) is 4. The van der Waals surface area contributed by atoms with Gasteiger partial charge in [0.05, 0.1) is 6.04 Å². The Morgan fingerprint density at radius 2 is 1.76 bits per heavy atom. The number of nitrogens with one attached hydrogen (secondary N) is 1. The van der Waals surface area contributed by atoms with E-state index < -0.39 is 6.61 Å². The van der Waals surface area contributed by atoms with Crippen LogP contribution in [0.15, 0.2) is 54.6 Å². The summed E-state index contributed by atoms with van der Waals surface area (Å²) in [5.74, 6) is 0.644. The van der Waals surface area contributed by atoms with Gasteiger partial charge in [-0.15, -0.1) is 0 Å². The molecule has 1 atom stereocenters. The van der Waals surface area contributed by atoms with Gasteiger partial charge in [-0.2, -0.15) is 8.78 Å². The first-order chi connectivity index (χ1) is 17.9. The highest BCUT2D eigenvalue weighted by molar-refractivity contribution is 5.81. The fourth-order valence-electron chi connectivity index (χ4n) is 5.66. The lowest BCUT2D eigenvalue weighted by Gasteiger charge is -2.39. The van der Waals surface area contributed by atoms with Crippen molar-refractivity contribution in [2.75, 3.05) is 26.2 Å². The molecule has 3 aliphatic rings. The molecule has 1 aliphatic carbocycles. The summed E-state index contributed by atoms with van der Waals surface area (Å²) in [5, 5.41) is 3.27. The molecule has 198 valence electrons. The van der Waals surface area contributed by atoms with Crippen molar-refractivity contribution in [3.8, 4) is 5.75 Å². The predicted octanol–water partition coefficient (Wildman–Crippen LogP) is 4.76. The third-order valence-corrected chi connectivity index (χ3v) is 8.04. The van der Waals surface area contributed by atoms with Gasteiger partial charge in [-0.05, 0) is 73.9 Å². The average molecular weight is 512 g/mol. The van der Waals surface area contributed by atoms with Crippen LogP contribution >= 0.6 is 0 Å². The van der Waals surface area contributed by atoms with E-state index in [2.05, 4.69) is 27.1 Å². The van der Waals surface area contributed by atoms with Crippen LogP contribution in [0.4, 0.5) is 8.78 Å². The number of likely N-dealkylation sites (tertiary alicyclic amines) is 2. The zero-order chi connectivity index (χ0) is 25.8. The van der Waals surface area contributed by atoms with Crippen molar-refractivity contribution in [3.05, 3.63) is 65.7 Å². The Labute approximate surface area is 217 Å². The second kappa shape index (κ2) is 11.2.